The third-order valence-electron chi connectivity index (χ3n) is 12.9. The van der Waals surface area contributed by atoms with E-state index in [1.807, 2.05) is 100 Å². The van der Waals surface area contributed by atoms with E-state index in [-0.39, 0.29) is 90.5 Å². The second-order valence-corrected chi connectivity index (χ2v) is 20.3. The molecule has 0 bridgehead atoms. The summed E-state index contributed by atoms with van der Waals surface area (Å²) >= 11 is 0. The molecule has 0 saturated carbocycles. The van der Waals surface area contributed by atoms with Gasteiger partial charge < -0.3 is 25.1 Å². The SMILES string of the molecule is CON1C(C)(C)CC(CC(=O)[C@@H](CCCNC(=O)OCc2ccccc2)NC(=O)[C@@H](CC(=O)[C@@H]2CCCN2C(=O)[C@H](/C=C(\F)[C@@H](C)CC(C)C)Cc2ccccc2)C(C)C)CC1(C)C. The molecule has 0 aliphatic carbocycles. The number of nitrogens with zero attached hydrogens (tertiary/aromatic N) is 2. The van der Waals surface area contributed by atoms with Crippen LogP contribution in [0.3, 0.4) is 0 Å². The van der Waals surface area contributed by atoms with E-state index in [4.69, 9.17) is 9.57 Å². The molecule has 354 valence electrons. The first kappa shape index (κ1) is 52.2. The van der Waals surface area contributed by atoms with E-state index in [9.17, 15) is 24.0 Å². The van der Waals surface area contributed by atoms with Gasteiger partial charge in [-0.15, -0.1) is 0 Å². The summed E-state index contributed by atoms with van der Waals surface area (Å²) in [4.78, 5) is 77.2. The fraction of sp³-hybridized carbons (Fsp3) is 0.635. The van der Waals surface area contributed by atoms with Gasteiger partial charge in [0.1, 0.15) is 6.61 Å². The maximum atomic E-state index is 15.7. The Kier molecular flexibility index (Phi) is 19.7. The molecule has 0 aromatic heterocycles. The Morgan fingerprint density at radius 3 is 2.08 bits per heavy atom. The van der Waals surface area contributed by atoms with E-state index in [0.29, 0.717) is 38.6 Å². The number of ketones is 2. The van der Waals surface area contributed by atoms with Gasteiger partial charge in [-0.3, -0.25) is 19.2 Å². The van der Waals surface area contributed by atoms with Gasteiger partial charge in [-0.25, -0.2) is 9.18 Å². The van der Waals surface area contributed by atoms with E-state index >= 15 is 4.39 Å². The number of hydrogen-bond donors (Lipinski definition) is 2. The van der Waals surface area contributed by atoms with Crippen LogP contribution in [0.1, 0.15) is 131 Å². The summed E-state index contributed by atoms with van der Waals surface area (Å²) in [5.41, 5.74) is 1.10. The molecule has 2 N–H and O–H groups in total. The molecule has 12 heteroatoms. The monoisotopic (exact) mass is 889 g/mol. The van der Waals surface area contributed by atoms with Crippen LogP contribution in [0, 0.1) is 35.5 Å². The number of piperidine rings is 1. The fourth-order valence-electron chi connectivity index (χ4n) is 10.2. The van der Waals surface area contributed by atoms with Gasteiger partial charge in [0.15, 0.2) is 11.6 Å². The highest BCUT2D eigenvalue weighted by Gasteiger charge is 2.47. The highest BCUT2D eigenvalue weighted by atomic mass is 19.1. The number of halogens is 1. The van der Waals surface area contributed by atoms with Crippen LogP contribution in [0.4, 0.5) is 9.18 Å². The van der Waals surface area contributed by atoms with Crippen LogP contribution in [-0.4, -0.2) is 82.8 Å². The number of likely N-dealkylation sites (tertiary alicyclic amines) is 1. The summed E-state index contributed by atoms with van der Waals surface area (Å²) in [6.45, 7) is 18.8. The van der Waals surface area contributed by atoms with E-state index < -0.39 is 35.9 Å². The maximum absolute atomic E-state index is 15.7. The molecular weight excluding hydrogens is 812 g/mol. The molecule has 4 rings (SSSR count). The minimum atomic E-state index is -0.847. The Bertz CT molecular complexity index is 1850. The zero-order valence-electron chi connectivity index (χ0n) is 40.3. The second kappa shape index (κ2) is 24.2. The van der Waals surface area contributed by atoms with E-state index in [2.05, 4.69) is 38.3 Å². The van der Waals surface area contributed by atoms with Crippen molar-refractivity contribution in [3.8, 4) is 0 Å². The molecule has 0 radical (unpaired) electrons. The average Bonchev–Trinajstić information content (AvgIpc) is 3.72. The van der Waals surface area contributed by atoms with E-state index in [0.717, 1.165) is 24.0 Å². The van der Waals surface area contributed by atoms with Crippen LogP contribution in [0.5, 0.6) is 0 Å². The molecule has 0 unspecified atom stereocenters. The van der Waals surface area contributed by atoms with E-state index in [1.165, 1.54) is 6.08 Å². The molecule has 2 aromatic rings. The van der Waals surface area contributed by atoms with Crippen LogP contribution < -0.4 is 10.6 Å². The number of carbonyl (C=O) groups is 5. The van der Waals surface area contributed by atoms with Crippen molar-refractivity contribution in [1.82, 2.24) is 20.6 Å². The van der Waals surface area contributed by atoms with Crippen molar-refractivity contribution in [2.24, 2.45) is 35.5 Å². The Morgan fingerprint density at radius 2 is 1.50 bits per heavy atom. The fourth-order valence-corrected chi connectivity index (χ4v) is 10.2. The van der Waals surface area contributed by atoms with Gasteiger partial charge in [-0.2, -0.15) is 5.06 Å². The third kappa shape index (κ3) is 15.4. The molecule has 2 aliphatic heterocycles. The summed E-state index contributed by atoms with van der Waals surface area (Å²) in [5.74, 6) is -3.15. The normalized spacial score (nSPS) is 19.8. The average molecular weight is 889 g/mol. The van der Waals surface area contributed by atoms with Crippen LogP contribution in [0.15, 0.2) is 72.6 Å². The van der Waals surface area contributed by atoms with Crippen molar-refractivity contribution >= 4 is 29.5 Å². The smallest absolute Gasteiger partial charge is 0.407 e. The van der Waals surface area contributed by atoms with Crippen LogP contribution in [0.2, 0.25) is 0 Å². The van der Waals surface area contributed by atoms with Crippen LogP contribution in [-0.2, 0) is 41.8 Å². The number of benzene rings is 2. The lowest BCUT2D eigenvalue weighted by atomic mass is 9.73. The van der Waals surface area contributed by atoms with Gasteiger partial charge in [-0.05, 0) is 114 Å². The lowest BCUT2D eigenvalue weighted by molar-refractivity contribution is -0.271. The highest BCUT2D eigenvalue weighted by molar-refractivity contribution is 5.95. The van der Waals surface area contributed by atoms with Gasteiger partial charge >= 0.3 is 6.09 Å². The first-order chi connectivity index (χ1) is 30.2. The van der Waals surface area contributed by atoms with Crippen molar-refractivity contribution in [3.05, 3.63) is 83.7 Å². The summed E-state index contributed by atoms with van der Waals surface area (Å²) in [7, 11) is 1.67. The van der Waals surface area contributed by atoms with E-state index in [1.54, 1.807) is 12.0 Å². The molecule has 11 nitrogen and oxygen atoms in total. The number of Topliss-reactive ketones (excluding diaryl/α,β-unsaturated/α-hetero) is 2. The van der Waals surface area contributed by atoms with Crippen molar-refractivity contribution in [2.45, 2.75) is 156 Å². The molecule has 2 aromatic carbocycles. The largest absolute Gasteiger partial charge is 0.445 e. The Labute approximate surface area is 382 Å². The number of hydroxylamine groups is 2. The zero-order chi connectivity index (χ0) is 47.2. The zero-order valence-corrected chi connectivity index (χ0v) is 40.3. The van der Waals surface area contributed by atoms with Crippen LogP contribution >= 0.6 is 0 Å². The van der Waals surface area contributed by atoms with Gasteiger partial charge in [0.25, 0.3) is 0 Å². The molecule has 5 atom stereocenters. The predicted molar refractivity (Wildman–Crippen MR) is 249 cm³/mol. The quantitative estimate of drug-likeness (QED) is 0.105. The summed E-state index contributed by atoms with van der Waals surface area (Å²) in [5, 5.41) is 7.82. The lowest BCUT2D eigenvalue weighted by Gasteiger charge is -2.53. The number of carbonyl (C=O) groups excluding carboxylic acids is 5. The highest BCUT2D eigenvalue weighted by Crippen LogP contribution is 2.43. The number of alkyl carbamates (subject to hydrolysis) is 1. The number of allylic oxidation sites excluding steroid dienone is 1. The van der Waals surface area contributed by atoms with Crippen molar-refractivity contribution in [3.63, 3.8) is 0 Å². The second-order valence-electron chi connectivity index (χ2n) is 20.3. The summed E-state index contributed by atoms with van der Waals surface area (Å²) in [6.07, 6.45) is 5.17. The number of amides is 3. The van der Waals surface area contributed by atoms with Gasteiger partial charge in [0, 0.05) is 48.8 Å². The first-order valence-corrected chi connectivity index (χ1v) is 23.6. The van der Waals surface area contributed by atoms with Crippen molar-refractivity contribution < 1.29 is 37.9 Å². The third-order valence-corrected chi connectivity index (χ3v) is 12.9. The summed E-state index contributed by atoms with van der Waals surface area (Å²) < 4.78 is 21.1. The predicted octanol–water partition coefficient (Wildman–Crippen LogP) is 9.58. The standard InChI is InChI=1S/C52H77FN4O7/c1-35(2)27-37(5)43(53)30-41(28-38-19-13-11-14-20-38)49(61)56-26-18-24-45(56)47(59)31-42(36(3)4)48(60)55-44(23-17-25-54-50(62)64-34-39-21-15-12-16-22-39)46(58)29-40-32-51(6,7)57(63-10)52(8,9)33-40/h11-16,19-22,30,35-37,40-42,44-45H,17-18,23-29,31-34H2,1-10H3,(H,54,62)(H,55,60)/b43-30-/t37-,41-,42-,44+,45-/m0/s1. The minimum absolute atomic E-state index is 0.0372. The van der Waals surface area contributed by atoms with Crippen LogP contribution in [0.25, 0.3) is 0 Å². The first-order valence-electron chi connectivity index (χ1n) is 23.6. The molecule has 0 spiro atoms. The molecule has 64 heavy (non-hydrogen) atoms. The number of ether oxygens (including phenoxy) is 1. The number of rotatable bonds is 23. The van der Waals surface area contributed by atoms with Gasteiger partial charge in [-0.1, -0.05) is 95.3 Å². The number of hydrogen-bond acceptors (Lipinski definition) is 8. The molecule has 2 fully saturated rings. The topological polar surface area (TPSA) is 134 Å². The molecule has 2 heterocycles. The maximum Gasteiger partial charge on any atom is 0.407 e. The molecule has 3 amide bonds. The van der Waals surface area contributed by atoms with Gasteiger partial charge in [0.2, 0.25) is 11.8 Å². The van der Waals surface area contributed by atoms with Crippen molar-refractivity contribution in [1.29, 1.82) is 0 Å². The number of nitrogens with one attached hydrogen (secondary N) is 2. The summed E-state index contributed by atoms with van der Waals surface area (Å²) in [6, 6.07) is 17.3. The Balaban J connectivity index is 1.48. The molecule has 2 aliphatic rings. The molecule has 2 saturated heterocycles. The van der Waals surface area contributed by atoms with Crippen molar-refractivity contribution in [2.75, 3.05) is 20.2 Å². The Morgan fingerprint density at radius 1 is 0.891 bits per heavy atom. The lowest BCUT2D eigenvalue weighted by Crippen LogP contribution is -2.60. The Hall–Kier alpha value is -4.42. The minimum Gasteiger partial charge on any atom is -0.445 e. The molecular formula is C52H77FN4O7. The van der Waals surface area contributed by atoms with Gasteiger partial charge in [0.05, 0.1) is 30.9 Å².